The summed E-state index contributed by atoms with van der Waals surface area (Å²) in [5.41, 5.74) is 0.665. The third kappa shape index (κ3) is 3.22. The molecular weight excluding hydrogens is 274 g/mol. The van der Waals surface area contributed by atoms with E-state index in [1.165, 1.54) is 0 Å². The standard InChI is InChI=1S/C15H23NO3S/c1-3-15(17)13-7-4-8-14(10-13)20(18,19)16-9-5-6-12(2)11-16/h4,7-8,10,12,15,17H,3,5-6,9,11H2,1-2H3. The molecule has 0 spiro atoms. The number of hydrogen-bond acceptors (Lipinski definition) is 3. The molecule has 1 heterocycles. The van der Waals surface area contributed by atoms with E-state index in [-0.39, 0.29) is 4.90 Å². The third-order valence-electron chi connectivity index (χ3n) is 3.89. The van der Waals surface area contributed by atoms with Crippen LogP contribution in [0.3, 0.4) is 0 Å². The second-order valence-corrected chi connectivity index (χ2v) is 7.54. The molecule has 4 nitrogen and oxygen atoms in total. The highest BCUT2D eigenvalue weighted by Gasteiger charge is 2.28. The zero-order valence-corrected chi connectivity index (χ0v) is 12.9. The molecule has 0 aliphatic carbocycles. The highest BCUT2D eigenvalue weighted by atomic mass is 32.2. The quantitative estimate of drug-likeness (QED) is 0.929. The lowest BCUT2D eigenvalue weighted by Gasteiger charge is -2.30. The van der Waals surface area contributed by atoms with Crippen LogP contribution in [0.25, 0.3) is 0 Å². The van der Waals surface area contributed by atoms with Gasteiger partial charge in [0.25, 0.3) is 0 Å². The van der Waals surface area contributed by atoms with Crippen LogP contribution in [0, 0.1) is 5.92 Å². The van der Waals surface area contributed by atoms with Crippen molar-refractivity contribution < 1.29 is 13.5 Å². The first-order chi connectivity index (χ1) is 9.45. The zero-order valence-electron chi connectivity index (χ0n) is 12.1. The molecule has 0 radical (unpaired) electrons. The highest BCUT2D eigenvalue weighted by molar-refractivity contribution is 7.89. The monoisotopic (exact) mass is 297 g/mol. The second kappa shape index (κ2) is 6.24. The Labute approximate surface area is 121 Å². The van der Waals surface area contributed by atoms with Crippen LogP contribution in [0.5, 0.6) is 0 Å². The third-order valence-corrected chi connectivity index (χ3v) is 5.75. The van der Waals surface area contributed by atoms with Gasteiger partial charge in [0.1, 0.15) is 0 Å². The SMILES string of the molecule is CCC(O)c1cccc(S(=O)(=O)N2CCCC(C)C2)c1. The van der Waals surface area contributed by atoms with Gasteiger partial charge in [-0.1, -0.05) is 26.0 Å². The molecule has 0 bridgehead atoms. The molecule has 1 aromatic rings. The molecule has 0 amide bonds. The van der Waals surface area contributed by atoms with Crippen LogP contribution in [-0.2, 0) is 10.0 Å². The van der Waals surface area contributed by atoms with Gasteiger partial charge in [0.05, 0.1) is 11.0 Å². The Morgan fingerprint density at radius 1 is 1.45 bits per heavy atom. The molecule has 112 valence electrons. The van der Waals surface area contributed by atoms with Gasteiger partial charge in [-0.15, -0.1) is 0 Å². The van der Waals surface area contributed by atoms with E-state index < -0.39 is 16.1 Å². The van der Waals surface area contributed by atoms with E-state index in [9.17, 15) is 13.5 Å². The van der Waals surface area contributed by atoms with E-state index in [2.05, 4.69) is 6.92 Å². The average molecular weight is 297 g/mol. The van der Waals surface area contributed by atoms with Crippen LogP contribution in [0.15, 0.2) is 29.2 Å². The Morgan fingerprint density at radius 3 is 2.85 bits per heavy atom. The Balaban J connectivity index is 2.29. The first-order valence-electron chi connectivity index (χ1n) is 7.23. The molecule has 2 rings (SSSR count). The van der Waals surface area contributed by atoms with Gasteiger partial charge in [-0.05, 0) is 42.9 Å². The number of piperidine rings is 1. The molecule has 20 heavy (non-hydrogen) atoms. The summed E-state index contributed by atoms with van der Waals surface area (Å²) in [6, 6.07) is 6.68. The summed E-state index contributed by atoms with van der Waals surface area (Å²) in [7, 11) is -3.44. The maximum Gasteiger partial charge on any atom is 0.243 e. The van der Waals surface area contributed by atoms with Crippen LogP contribution in [0.2, 0.25) is 0 Å². The lowest BCUT2D eigenvalue weighted by molar-refractivity contribution is 0.173. The number of aliphatic hydroxyl groups is 1. The van der Waals surface area contributed by atoms with Gasteiger partial charge in [-0.3, -0.25) is 0 Å². The number of hydrogen-bond donors (Lipinski definition) is 1. The van der Waals surface area contributed by atoms with Gasteiger partial charge in [0.15, 0.2) is 0 Å². The fourth-order valence-corrected chi connectivity index (χ4v) is 4.29. The van der Waals surface area contributed by atoms with Gasteiger partial charge in [0, 0.05) is 13.1 Å². The van der Waals surface area contributed by atoms with Crippen molar-refractivity contribution in [1.29, 1.82) is 0 Å². The first-order valence-corrected chi connectivity index (χ1v) is 8.67. The van der Waals surface area contributed by atoms with Gasteiger partial charge in [-0.2, -0.15) is 4.31 Å². The maximum absolute atomic E-state index is 12.6. The Bertz CT molecular complexity index is 556. The zero-order chi connectivity index (χ0) is 14.8. The van der Waals surface area contributed by atoms with E-state index in [4.69, 9.17) is 0 Å². The Morgan fingerprint density at radius 2 is 2.20 bits per heavy atom. The van der Waals surface area contributed by atoms with Crippen LogP contribution in [0.4, 0.5) is 0 Å². The molecule has 2 unspecified atom stereocenters. The fourth-order valence-electron chi connectivity index (χ4n) is 2.63. The van der Waals surface area contributed by atoms with E-state index in [1.54, 1.807) is 28.6 Å². The van der Waals surface area contributed by atoms with Crippen molar-refractivity contribution in [3.05, 3.63) is 29.8 Å². The maximum atomic E-state index is 12.6. The smallest absolute Gasteiger partial charge is 0.243 e. The summed E-state index contributed by atoms with van der Waals surface area (Å²) in [5.74, 6) is 0.405. The number of rotatable bonds is 4. The van der Waals surface area contributed by atoms with Crippen molar-refractivity contribution >= 4 is 10.0 Å². The van der Waals surface area contributed by atoms with Crippen LogP contribution >= 0.6 is 0 Å². The second-order valence-electron chi connectivity index (χ2n) is 5.61. The summed E-state index contributed by atoms with van der Waals surface area (Å²) in [6.07, 6.45) is 1.97. The topological polar surface area (TPSA) is 57.6 Å². The van der Waals surface area contributed by atoms with Crippen LogP contribution < -0.4 is 0 Å². The van der Waals surface area contributed by atoms with Gasteiger partial charge >= 0.3 is 0 Å². The molecular formula is C15H23NO3S. The summed E-state index contributed by atoms with van der Waals surface area (Å²) >= 11 is 0. The summed E-state index contributed by atoms with van der Waals surface area (Å²) in [4.78, 5) is 0.289. The van der Waals surface area contributed by atoms with Gasteiger partial charge in [0.2, 0.25) is 10.0 Å². The number of nitrogens with zero attached hydrogens (tertiary/aromatic N) is 1. The molecule has 5 heteroatoms. The van der Waals surface area contributed by atoms with E-state index in [1.807, 2.05) is 6.92 Å². The van der Waals surface area contributed by atoms with Crippen molar-refractivity contribution in [1.82, 2.24) is 4.31 Å². The molecule has 1 saturated heterocycles. The molecule has 1 N–H and O–H groups in total. The summed E-state index contributed by atoms with van der Waals surface area (Å²) in [6.45, 7) is 5.13. The molecule has 0 aromatic heterocycles. The average Bonchev–Trinajstić information content (AvgIpc) is 2.46. The van der Waals surface area contributed by atoms with Crippen molar-refractivity contribution in [2.75, 3.05) is 13.1 Å². The lowest BCUT2D eigenvalue weighted by Crippen LogP contribution is -2.39. The van der Waals surface area contributed by atoms with Crippen molar-refractivity contribution in [2.24, 2.45) is 5.92 Å². The van der Waals surface area contributed by atoms with Crippen LogP contribution in [-0.4, -0.2) is 30.9 Å². The number of sulfonamides is 1. The minimum atomic E-state index is -3.44. The Kier molecular flexibility index (Phi) is 4.83. The first kappa shape index (κ1) is 15.5. The fraction of sp³-hybridized carbons (Fsp3) is 0.600. The summed E-state index contributed by atoms with van der Waals surface area (Å²) < 4.78 is 26.8. The normalized spacial score (nSPS) is 22.6. The van der Waals surface area contributed by atoms with Crippen molar-refractivity contribution in [3.63, 3.8) is 0 Å². The van der Waals surface area contributed by atoms with E-state index in [0.29, 0.717) is 31.0 Å². The Hall–Kier alpha value is -0.910. The largest absolute Gasteiger partial charge is 0.388 e. The van der Waals surface area contributed by atoms with Gasteiger partial charge < -0.3 is 5.11 Å². The summed E-state index contributed by atoms with van der Waals surface area (Å²) in [5, 5.41) is 9.86. The number of benzene rings is 1. The molecule has 1 aliphatic rings. The number of aliphatic hydroxyl groups excluding tert-OH is 1. The molecule has 0 saturated carbocycles. The highest BCUT2D eigenvalue weighted by Crippen LogP contribution is 2.25. The van der Waals surface area contributed by atoms with Crippen molar-refractivity contribution in [2.45, 2.75) is 44.1 Å². The minimum absolute atomic E-state index is 0.289. The van der Waals surface area contributed by atoms with Gasteiger partial charge in [-0.25, -0.2) is 8.42 Å². The molecule has 1 aromatic carbocycles. The minimum Gasteiger partial charge on any atom is -0.388 e. The lowest BCUT2D eigenvalue weighted by atomic mass is 10.0. The predicted octanol–water partition coefficient (Wildman–Crippen LogP) is 2.55. The van der Waals surface area contributed by atoms with E-state index >= 15 is 0 Å². The molecule has 1 fully saturated rings. The molecule has 2 atom stereocenters. The van der Waals surface area contributed by atoms with Crippen molar-refractivity contribution in [3.8, 4) is 0 Å². The molecule has 1 aliphatic heterocycles. The predicted molar refractivity (Wildman–Crippen MR) is 78.8 cm³/mol. The van der Waals surface area contributed by atoms with Crippen LogP contribution in [0.1, 0.15) is 44.8 Å². The van der Waals surface area contributed by atoms with E-state index in [0.717, 1.165) is 12.8 Å².